The zero-order chi connectivity index (χ0) is 20.1. The van der Waals surface area contributed by atoms with E-state index in [0.29, 0.717) is 37.5 Å². The SMILES string of the molecule is CN(C)S(=O)(=O)c1ccc(CNC(=O)CCCc2nc(-c3cccs3)no2)s1. The summed E-state index contributed by atoms with van der Waals surface area (Å²) in [5, 5.41) is 8.69. The molecule has 11 heteroatoms. The van der Waals surface area contributed by atoms with Crippen molar-refractivity contribution in [2.45, 2.75) is 30.0 Å². The molecule has 3 rings (SSSR count). The number of nitrogens with one attached hydrogen (secondary N) is 1. The van der Waals surface area contributed by atoms with Gasteiger partial charge in [0.1, 0.15) is 4.21 Å². The molecule has 0 saturated heterocycles. The molecule has 0 atom stereocenters. The molecule has 3 aromatic rings. The summed E-state index contributed by atoms with van der Waals surface area (Å²) in [6.07, 6.45) is 1.43. The van der Waals surface area contributed by atoms with Crippen LogP contribution in [0.1, 0.15) is 23.6 Å². The van der Waals surface area contributed by atoms with Gasteiger partial charge in [0, 0.05) is 31.8 Å². The van der Waals surface area contributed by atoms with Crippen molar-refractivity contribution >= 4 is 38.6 Å². The average molecular weight is 441 g/mol. The zero-order valence-electron chi connectivity index (χ0n) is 15.4. The Hall–Kier alpha value is -2.08. The summed E-state index contributed by atoms with van der Waals surface area (Å²) in [4.78, 5) is 18.1. The van der Waals surface area contributed by atoms with Gasteiger partial charge in [-0.05, 0) is 30.0 Å². The first-order valence-corrected chi connectivity index (χ1v) is 11.6. The van der Waals surface area contributed by atoms with Crippen LogP contribution in [0.15, 0.2) is 38.4 Å². The van der Waals surface area contributed by atoms with Gasteiger partial charge < -0.3 is 9.84 Å². The second-order valence-corrected chi connectivity index (χ2v) is 10.6. The number of amides is 1. The van der Waals surface area contributed by atoms with Crippen LogP contribution in [-0.2, 0) is 27.8 Å². The molecule has 1 N–H and O–H groups in total. The fourth-order valence-corrected chi connectivity index (χ4v) is 5.42. The van der Waals surface area contributed by atoms with E-state index in [0.717, 1.165) is 21.1 Å². The highest BCUT2D eigenvalue weighted by Gasteiger charge is 2.19. The first-order valence-electron chi connectivity index (χ1n) is 8.50. The summed E-state index contributed by atoms with van der Waals surface area (Å²) in [6, 6.07) is 7.12. The number of aromatic nitrogens is 2. The number of aryl methyl sites for hydroxylation is 1. The van der Waals surface area contributed by atoms with Gasteiger partial charge in [-0.1, -0.05) is 11.2 Å². The van der Waals surface area contributed by atoms with Gasteiger partial charge in [-0.3, -0.25) is 4.79 Å². The number of hydrogen-bond acceptors (Lipinski definition) is 8. The first-order chi connectivity index (χ1) is 13.4. The number of hydrogen-bond donors (Lipinski definition) is 1. The summed E-state index contributed by atoms with van der Waals surface area (Å²) in [6.45, 7) is 0.301. The van der Waals surface area contributed by atoms with Crippen molar-refractivity contribution in [3.8, 4) is 10.7 Å². The molecular weight excluding hydrogens is 420 g/mol. The van der Waals surface area contributed by atoms with Gasteiger partial charge in [0.25, 0.3) is 10.0 Å². The van der Waals surface area contributed by atoms with Crippen LogP contribution in [0.25, 0.3) is 10.7 Å². The fourth-order valence-electron chi connectivity index (χ4n) is 2.31. The highest BCUT2D eigenvalue weighted by atomic mass is 32.2. The van der Waals surface area contributed by atoms with Crippen LogP contribution in [0.5, 0.6) is 0 Å². The quantitative estimate of drug-likeness (QED) is 0.548. The molecule has 0 aliphatic heterocycles. The molecule has 0 unspecified atom stereocenters. The lowest BCUT2D eigenvalue weighted by atomic mass is 10.2. The predicted octanol–water partition coefficient (Wildman–Crippen LogP) is 2.75. The smallest absolute Gasteiger partial charge is 0.252 e. The molecule has 0 aliphatic rings. The van der Waals surface area contributed by atoms with Crippen LogP contribution in [0.3, 0.4) is 0 Å². The van der Waals surface area contributed by atoms with Crippen molar-refractivity contribution in [3.05, 3.63) is 40.4 Å². The number of carbonyl (C=O) groups is 1. The van der Waals surface area contributed by atoms with Crippen LogP contribution < -0.4 is 5.32 Å². The molecule has 0 spiro atoms. The largest absolute Gasteiger partial charge is 0.351 e. The van der Waals surface area contributed by atoms with Gasteiger partial charge in [0.05, 0.1) is 11.4 Å². The average Bonchev–Trinajstić information content (AvgIpc) is 3.40. The lowest BCUT2D eigenvalue weighted by Crippen LogP contribution is -2.22. The lowest BCUT2D eigenvalue weighted by molar-refractivity contribution is -0.121. The number of carbonyl (C=O) groups excluding carboxylic acids is 1. The Morgan fingerprint density at radius 2 is 2.11 bits per heavy atom. The topological polar surface area (TPSA) is 105 Å². The maximum absolute atomic E-state index is 12.1. The monoisotopic (exact) mass is 440 g/mol. The Bertz CT molecular complexity index is 1020. The van der Waals surface area contributed by atoms with E-state index >= 15 is 0 Å². The van der Waals surface area contributed by atoms with E-state index in [2.05, 4.69) is 15.5 Å². The highest BCUT2D eigenvalue weighted by molar-refractivity contribution is 7.91. The standard InChI is InChI=1S/C17H20N4O4S3/c1-21(2)28(23,24)16-9-8-12(27-16)11-18-14(22)6-3-7-15-19-17(20-25-15)13-5-4-10-26-13/h4-5,8-10H,3,6-7,11H2,1-2H3,(H,18,22). The van der Waals surface area contributed by atoms with Gasteiger partial charge in [-0.15, -0.1) is 22.7 Å². The minimum Gasteiger partial charge on any atom is -0.351 e. The minimum absolute atomic E-state index is 0.108. The normalized spacial score (nSPS) is 11.8. The Morgan fingerprint density at radius 1 is 1.29 bits per heavy atom. The summed E-state index contributed by atoms with van der Waals surface area (Å²) in [7, 11) is -0.459. The van der Waals surface area contributed by atoms with Gasteiger partial charge in [0.15, 0.2) is 0 Å². The molecule has 0 aliphatic carbocycles. The molecule has 0 aromatic carbocycles. The van der Waals surface area contributed by atoms with E-state index < -0.39 is 10.0 Å². The fraction of sp³-hybridized carbons (Fsp3) is 0.353. The Kier molecular flexibility index (Phi) is 6.60. The number of sulfonamides is 1. The van der Waals surface area contributed by atoms with E-state index in [4.69, 9.17) is 4.52 Å². The maximum Gasteiger partial charge on any atom is 0.252 e. The van der Waals surface area contributed by atoms with Gasteiger partial charge in [0.2, 0.25) is 17.6 Å². The third-order valence-electron chi connectivity index (χ3n) is 3.84. The molecule has 0 radical (unpaired) electrons. The van der Waals surface area contributed by atoms with Crippen LogP contribution >= 0.6 is 22.7 Å². The van der Waals surface area contributed by atoms with Crippen LogP contribution in [0, 0.1) is 0 Å². The summed E-state index contributed by atoms with van der Waals surface area (Å²) < 4.78 is 30.8. The van der Waals surface area contributed by atoms with Crippen molar-refractivity contribution in [2.24, 2.45) is 0 Å². The van der Waals surface area contributed by atoms with E-state index in [9.17, 15) is 13.2 Å². The third kappa shape index (κ3) is 5.04. The van der Waals surface area contributed by atoms with Crippen molar-refractivity contribution in [2.75, 3.05) is 14.1 Å². The van der Waals surface area contributed by atoms with Crippen LogP contribution in [0.4, 0.5) is 0 Å². The Morgan fingerprint density at radius 3 is 2.82 bits per heavy atom. The minimum atomic E-state index is -3.44. The summed E-state index contributed by atoms with van der Waals surface area (Å²) in [5.74, 6) is 0.965. The second kappa shape index (κ2) is 8.95. The Labute approximate surface area is 171 Å². The molecule has 28 heavy (non-hydrogen) atoms. The van der Waals surface area contributed by atoms with Crippen molar-refractivity contribution in [3.63, 3.8) is 0 Å². The number of nitrogens with zero attached hydrogens (tertiary/aromatic N) is 3. The van der Waals surface area contributed by atoms with Crippen molar-refractivity contribution < 1.29 is 17.7 Å². The molecular formula is C17H20N4O4S3. The molecule has 0 saturated carbocycles. The number of thiophene rings is 2. The molecule has 1 amide bonds. The number of rotatable bonds is 9. The third-order valence-corrected chi connectivity index (χ3v) is 8.07. The summed E-state index contributed by atoms with van der Waals surface area (Å²) >= 11 is 2.69. The Balaban J connectivity index is 1.42. The zero-order valence-corrected chi connectivity index (χ0v) is 17.9. The van der Waals surface area contributed by atoms with E-state index in [1.807, 2.05) is 17.5 Å². The second-order valence-electron chi connectivity index (χ2n) is 6.13. The van der Waals surface area contributed by atoms with Gasteiger partial charge in [-0.2, -0.15) is 4.98 Å². The highest BCUT2D eigenvalue weighted by Crippen LogP contribution is 2.24. The van der Waals surface area contributed by atoms with Crippen LogP contribution in [-0.4, -0.2) is 42.9 Å². The first kappa shape index (κ1) is 20.6. The van der Waals surface area contributed by atoms with Crippen molar-refractivity contribution in [1.82, 2.24) is 19.8 Å². The molecule has 3 aromatic heterocycles. The molecule has 3 heterocycles. The lowest BCUT2D eigenvalue weighted by Gasteiger charge is -2.08. The molecule has 8 nitrogen and oxygen atoms in total. The van der Waals surface area contributed by atoms with Crippen molar-refractivity contribution in [1.29, 1.82) is 0 Å². The molecule has 0 fully saturated rings. The van der Waals surface area contributed by atoms with Gasteiger partial charge >= 0.3 is 0 Å². The van der Waals surface area contributed by atoms with Crippen LogP contribution in [0.2, 0.25) is 0 Å². The van der Waals surface area contributed by atoms with E-state index in [-0.39, 0.29) is 10.1 Å². The van der Waals surface area contributed by atoms with E-state index in [1.165, 1.54) is 29.7 Å². The predicted molar refractivity (Wildman–Crippen MR) is 108 cm³/mol. The maximum atomic E-state index is 12.1. The molecule has 150 valence electrons. The summed E-state index contributed by atoms with van der Waals surface area (Å²) in [5.41, 5.74) is 0. The molecule has 0 bridgehead atoms. The van der Waals surface area contributed by atoms with Gasteiger partial charge in [-0.25, -0.2) is 12.7 Å². The van der Waals surface area contributed by atoms with E-state index in [1.54, 1.807) is 12.1 Å².